The number of benzene rings is 1. The third-order valence-electron chi connectivity index (χ3n) is 3.41. The van der Waals surface area contributed by atoms with Crippen molar-refractivity contribution in [1.82, 2.24) is 0 Å². The molecule has 1 nitrogen and oxygen atoms in total. The van der Waals surface area contributed by atoms with Crippen molar-refractivity contribution in [2.75, 3.05) is 0 Å². The van der Waals surface area contributed by atoms with E-state index in [1.165, 1.54) is 12.8 Å². The smallest absolute Gasteiger partial charge is 0.0896 e. The monoisotopic (exact) mass is 298 g/mol. The Bertz CT molecular complexity index is 351. The van der Waals surface area contributed by atoms with Crippen molar-refractivity contribution in [3.63, 3.8) is 0 Å². The van der Waals surface area contributed by atoms with E-state index < -0.39 is 5.60 Å². The highest BCUT2D eigenvalue weighted by Gasteiger charge is 2.29. The van der Waals surface area contributed by atoms with Gasteiger partial charge < -0.3 is 5.11 Å². The molecular formula is C15H23BrO. The number of hydrogen-bond donors (Lipinski definition) is 1. The van der Waals surface area contributed by atoms with Crippen molar-refractivity contribution in [3.05, 3.63) is 34.3 Å². The molecule has 0 fully saturated rings. The molecule has 0 aliphatic carbocycles. The van der Waals surface area contributed by atoms with Crippen LogP contribution in [0, 0.1) is 5.92 Å². The van der Waals surface area contributed by atoms with Gasteiger partial charge in [0.25, 0.3) is 0 Å². The molecule has 1 aromatic rings. The fourth-order valence-electron chi connectivity index (χ4n) is 2.42. The predicted molar refractivity (Wildman–Crippen MR) is 77.0 cm³/mol. The van der Waals surface area contributed by atoms with E-state index in [0.29, 0.717) is 5.92 Å². The zero-order chi connectivity index (χ0) is 12.9. The number of rotatable bonds is 6. The van der Waals surface area contributed by atoms with Gasteiger partial charge >= 0.3 is 0 Å². The third kappa shape index (κ3) is 4.11. The minimum Gasteiger partial charge on any atom is -0.385 e. The van der Waals surface area contributed by atoms with Crippen LogP contribution in [-0.4, -0.2) is 5.11 Å². The van der Waals surface area contributed by atoms with Gasteiger partial charge in [-0.1, -0.05) is 61.7 Å². The Morgan fingerprint density at radius 2 is 2.06 bits per heavy atom. The van der Waals surface area contributed by atoms with Crippen LogP contribution in [0.1, 0.15) is 52.0 Å². The van der Waals surface area contributed by atoms with E-state index in [4.69, 9.17) is 0 Å². The van der Waals surface area contributed by atoms with Gasteiger partial charge in [-0.2, -0.15) is 0 Å². The zero-order valence-corrected chi connectivity index (χ0v) is 12.6. The van der Waals surface area contributed by atoms with E-state index in [9.17, 15) is 5.11 Å². The van der Waals surface area contributed by atoms with E-state index in [0.717, 1.165) is 22.9 Å². The molecule has 1 aromatic carbocycles. The van der Waals surface area contributed by atoms with Crippen molar-refractivity contribution in [3.8, 4) is 0 Å². The summed E-state index contributed by atoms with van der Waals surface area (Å²) in [5.74, 6) is 0.559. The lowest BCUT2D eigenvalue weighted by molar-refractivity contribution is 0.00798. The molecule has 0 bridgehead atoms. The standard InChI is InChI=1S/C15H23BrO/c1-4-7-12(3)11-15(17,5-2)13-8-6-9-14(16)10-13/h6,8-10,12,17H,4-5,7,11H2,1-3H3. The quantitative estimate of drug-likeness (QED) is 0.794. The van der Waals surface area contributed by atoms with Gasteiger partial charge in [-0.05, 0) is 36.5 Å². The Morgan fingerprint density at radius 3 is 2.59 bits per heavy atom. The molecule has 0 amide bonds. The molecule has 2 unspecified atom stereocenters. The van der Waals surface area contributed by atoms with Crippen LogP contribution in [0.5, 0.6) is 0 Å². The molecule has 2 atom stereocenters. The van der Waals surface area contributed by atoms with Gasteiger partial charge in [-0.3, -0.25) is 0 Å². The summed E-state index contributed by atoms with van der Waals surface area (Å²) in [6.07, 6.45) is 3.96. The first-order chi connectivity index (χ1) is 8.01. The van der Waals surface area contributed by atoms with Crippen molar-refractivity contribution in [2.45, 2.75) is 52.1 Å². The first-order valence-electron chi connectivity index (χ1n) is 6.50. The highest BCUT2D eigenvalue weighted by atomic mass is 79.9. The molecule has 1 rings (SSSR count). The highest BCUT2D eigenvalue weighted by molar-refractivity contribution is 9.10. The van der Waals surface area contributed by atoms with Crippen LogP contribution in [0.2, 0.25) is 0 Å². The van der Waals surface area contributed by atoms with Crippen LogP contribution in [-0.2, 0) is 5.60 Å². The molecule has 1 N–H and O–H groups in total. The fourth-order valence-corrected chi connectivity index (χ4v) is 2.81. The van der Waals surface area contributed by atoms with E-state index in [1.54, 1.807) is 0 Å². The lowest BCUT2D eigenvalue weighted by atomic mass is 9.82. The Morgan fingerprint density at radius 1 is 1.35 bits per heavy atom. The van der Waals surface area contributed by atoms with E-state index in [-0.39, 0.29) is 0 Å². The average molecular weight is 299 g/mol. The van der Waals surface area contributed by atoms with Gasteiger partial charge in [0.15, 0.2) is 0 Å². The second kappa shape index (κ2) is 6.55. The summed E-state index contributed by atoms with van der Waals surface area (Å²) in [6, 6.07) is 8.04. The molecule has 2 heteroatoms. The van der Waals surface area contributed by atoms with E-state index >= 15 is 0 Å². The van der Waals surface area contributed by atoms with Crippen molar-refractivity contribution >= 4 is 15.9 Å². The zero-order valence-electron chi connectivity index (χ0n) is 11.0. The normalized spacial score (nSPS) is 16.5. The predicted octanol–water partition coefficient (Wildman–Crippen LogP) is 4.87. The van der Waals surface area contributed by atoms with Gasteiger partial charge in [-0.25, -0.2) is 0 Å². The second-order valence-corrected chi connectivity index (χ2v) is 5.91. The number of aliphatic hydroxyl groups is 1. The molecule has 0 aliphatic rings. The molecule has 0 aromatic heterocycles. The first-order valence-corrected chi connectivity index (χ1v) is 7.29. The number of hydrogen-bond acceptors (Lipinski definition) is 1. The number of halogens is 1. The second-order valence-electron chi connectivity index (χ2n) is 4.99. The van der Waals surface area contributed by atoms with Gasteiger partial charge in [0.05, 0.1) is 5.60 Å². The van der Waals surface area contributed by atoms with Crippen molar-refractivity contribution in [2.24, 2.45) is 5.92 Å². The van der Waals surface area contributed by atoms with E-state index in [2.05, 4.69) is 36.7 Å². The molecule has 0 radical (unpaired) electrons. The van der Waals surface area contributed by atoms with Crippen LogP contribution in [0.4, 0.5) is 0 Å². The molecule has 17 heavy (non-hydrogen) atoms. The maximum absolute atomic E-state index is 10.8. The summed E-state index contributed by atoms with van der Waals surface area (Å²) in [5.41, 5.74) is 0.343. The van der Waals surface area contributed by atoms with Crippen LogP contribution in [0.25, 0.3) is 0 Å². The van der Waals surface area contributed by atoms with Crippen LogP contribution >= 0.6 is 15.9 Å². The fraction of sp³-hybridized carbons (Fsp3) is 0.600. The summed E-state index contributed by atoms with van der Waals surface area (Å²) in [4.78, 5) is 0. The summed E-state index contributed by atoms with van der Waals surface area (Å²) in [5, 5.41) is 10.8. The Balaban J connectivity index is 2.87. The lowest BCUT2D eigenvalue weighted by Crippen LogP contribution is -2.27. The van der Waals surface area contributed by atoms with Gasteiger partial charge in [-0.15, -0.1) is 0 Å². The Kier molecular flexibility index (Phi) is 5.68. The maximum Gasteiger partial charge on any atom is 0.0896 e. The van der Waals surface area contributed by atoms with Gasteiger partial charge in [0.2, 0.25) is 0 Å². The molecule has 0 saturated carbocycles. The van der Waals surface area contributed by atoms with Crippen LogP contribution < -0.4 is 0 Å². The first kappa shape index (κ1) is 14.7. The third-order valence-corrected chi connectivity index (χ3v) is 3.91. The Labute approximate surface area is 113 Å². The summed E-state index contributed by atoms with van der Waals surface area (Å²) >= 11 is 3.47. The van der Waals surface area contributed by atoms with Crippen molar-refractivity contribution < 1.29 is 5.11 Å². The largest absolute Gasteiger partial charge is 0.385 e. The van der Waals surface area contributed by atoms with E-state index in [1.807, 2.05) is 24.3 Å². The topological polar surface area (TPSA) is 20.2 Å². The molecule has 0 spiro atoms. The minimum absolute atomic E-state index is 0.559. The SMILES string of the molecule is CCCC(C)CC(O)(CC)c1cccc(Br)c1. The van der Waals surface area contributed by atoms with Gasteiger partial charge in [0.1, 0.15) is 0 Å². The molecule has 0 heterocycles. The molecular weight excluding hydrogens is 276 g/mol. The Hall–Kier alpha value is -0.340. The van der Waals surface area contributed by atoms with Gasteiger partial charge in [0, 0.05) is 4.47 Å². The summed E-state index contributed by atoms with van der Waals surface area (Å²) < 4.78 is 1.03. The summed E-state index contributed by atoms with van der Waals surface area (Å²) in [7, 11) is 0. The van der Waals surface area contributed by atoms with Crippen molar-refractivity contribution in [1.29, 1.82) is 0 Å². The average Bonchev–Trinajstić information content (AvgIpc) is 2.29. The molecule has 96 valence electrons. The molecule has 0 aliphatic heterocycles. The lowest BCUT2D eigenvalue weighted by Gasteiger charge is -2.30. The summed E-state index contributed by atoms with van der Waals surface area (Å²) in [6.45, 7) is 6.47. The molecule has 0 saturated heterocycles. The highest BCUT2D eigenvalue weighted by Crippen LogP contribution is 2.34. The van der Waals surface area contributed by atoms with Crippen LogP contribution in [0.3, 0.4) is 0 Å². The van der Waals surface area contributed by atoms with Crippen LogP contribution in [0.15, 0.2) is 28.7 Å². The minimum atomic E-state index is -0.682. The maximum atomic E-state index is 10.8.